The number of carbonyl (C=O) groups is 1. The maximum atomic E-state index is 14.3. The number of halogens is 1. The SMILES string of the molecule is CCOC(C(=O)OC)C(O)c1ccc(OCc2ccccc2)cc1F. The van der Waals surface area contributed by atoms with Crippen LogP contribution in [-0.2, 0) is 20.9 Å². The molecule has 0 saturated carbocycles. The van der Waals surface area contributed by atoms with Gasteiger partial charge in [-0.05, 0) is 24.6 Å². The molecule has 1 N–H and O–H groups in total. The van der Waals surface area contributed by atoms with Gasteiger partial charge in [-0.15, -0.1) is 0 Å². The van der Waals surface area contributed by atoms with Crippen LogP contribution in [0.1, 0.15) is 24.2 Å². The number of ether oxygens (including phenoxy) is 3. The monoisotopic (exact) mass is 348 g/mol. The van der Waals surface area contributed by atoms with Crippen LogP contribution in [0.4, 0.5) is 4.39 Å². The minimum Gasteiger partial charge on any atom is -0.489 e. The molecule has 0 spiro atoms. The van der Waals surface area contributed by atoms with Crippen molar-refractivity contribution in [1.82, 2.24) is 0 Å². The molecular weight excluding hydrogens is 327 g/mol. The summed E-state index contributed by atoms with van der Waals surface area (Å²) in [7, 11) is 1.18. The van der Waals surface area contributed by atoms with Crippen LogP contribution < -0.4 is 4.74 Å². The highest BCUT2D eigenvalue weighted by molar-refractivity contribution is 5.75. The third kappa shape index (κ3) is 5.01. The third-order valence-electron chi connectivity index (χ3n) is 3.61. The lowest BCUT2D eigenvalue weighted by atomic mass is 10.0. The molecular formula is C19H21FO5. The van der Waals surface area contributed by atoms with Crippen LogP contribution in [0.2, 0.25) is 0 Å². The summed E-state index contributed by atoms with van der Waals surface area (Å²) in [5.74, 6) is -1.13. The molecule has 0 bridgehead atoms. The Morgan fingerprint density at radius 2 is 1.92 bits per heavy atom. The minimum absolute atomic E-state index is 0.0593. The molecule has 5 nitrogen and oxygen atoms in total. The predicted molar refractivity (Wildman–Crippen MR) is 89.6 cm³/mol. The van der Waals surface area contributed by atoms with Gasteiger partial charge in [-0.1, -0.05) is 30.3 Å². The van der Waals surface area contributed by atoms with Crippen LogP contribution in [0.25, 0.3) is 0 Å². The molecule has 0 fully saturated rings. The van der Waals surface area contributed by atoms with Crippen molar-refractivity contribution in [3.05, 3.63) is 65.5 Å². The second-order valence-electron chi connectivity index (χ2n) is 5.30. The maximum absolute atomic E-state index is 14.3. The van der Waals surface area contributed by atoms with Gasteiger partial charge in [-0.2, -0.15) is 0 Å². The Balaban J connectivity index is 2.10. The number of aliphatic hydroxyl groups is 1. The fourth-order valence-corrected chi connectivity index (χ4v) is 2.33. The summed E-state index contributed by atoms with van der Waals surface area (Å²) in [5.41, 5.74) is 0.894. The number of hydrogen-bond donors (Lipinski definition) is 1. The zero-order valence-electron chi connectivity index (χ0n) is 14.1. The quantitative estimate of drug-likeness (QED) is 0.743. The van der Waals surface area contributed by atoms with E-state index in [1.54, 1.807) is 6.92 Å². The van der Waals surface area contributed by atoms with Crippen LogP contribution in [0.3, 0.4) is 0 Å². The molecule has 134 valence electrons. The molecule has 2 atom stereocenters. The molecule has 0 heterocycles. The Kier molecular flexibility index (Phi) is 6.91. The van der Waals surface area contributed by atoms with E-state index in [0.29, 0.717) is 12.4 Å². The lowest BCUT2D eigenvalue weighted by molar-refractivity contribution is -0.162. The van der Waals surface area contributed by atoms with E-state index in [1.165, 1.54) is 25.3 Å². The molecule has 2 rings (SSSR count). The Morgan fingerprint density at radius 1 is 1.20 bits per heavy atom. The van der Waals surface area contributed by atoms with Crippen LogP contribution in [0, 0.1) is 5.82 Å². The van der Waals surface area contributed by atoms with Crippen molar-refractivity contribution in [2.24, 2.45) is 0 Å². The van der Waals surface area contributed by atoms with Gasteiger partial charge in [0, 0.05) is 18.2 Å². The van der Waals surface area contributed by atoms with Crippen molar-refractivity contribution in [2.45, 2.75) is 25.7 Å². The van der Waals surface area contributed by atoms with Crippen LogP contribution in [0.15, 0.2) is 48.5 Å². The van der Waals surface area contributed by atoms with Crippen molar-refractivity contribution in [3.63, 3.8) is 0 Å². The second-order valence-corrected chi connectivity index (χ2v) is 5.30. The van der Waals surface area contributed by atoms with Crippen LogP contribution >= 0.6 is 0 Å². The van der Waals surface area contributed by atoms with Crippen molar-refractivity contribution in [2.75, 3.05) is 13.7 Å². The normalized spacial score (nSPS) is 13.1. The minimum atomic E-state index is -1.48. The van der Waals surface area contributed by atoms with Gasteiger partial charge in [-0.3, -0.25) is 0 Å². The molecule has 0 amide bonds. The van der Waals surface area contributed by atoms with E-state index in [9.17, 15) is 14.3 Å². The molecule has 2 aromatic carbocycles. The topological polar surface area (TPSA) is 65.0 Å². The summed E-state index contributed by atoms with van der Waals surface area (Å²) >= 11 is 0. The first-order valence-corrected chi connectivity index (χ1v) is 7.90. The largest absolute Gasteiger partial charge is 0.489 e. The third-order valence-corrected chi connectivity index (χ3v) is 3.61. The van der Waals surface area contributed by atoms with Crippen molar-refractivity contribution in [1.29, 1.82) is 0 Å². The Hall–Kier alpha value is -2.44. The number of methoxy groups -OCH3 is 1. The fraction of sp³-hybridized carbons (Fsp3) is 0.316. The fourth-order valence-electron chi connectivity index (χ4n) is 2.33. The van der Waals surface area contributed by atoms with E-state index < -0.39 is 24.0 Å². The number of hydrogen-bond acceptors (Lipinski definition) is 5. The van der Waals surface area contributed by atoms with Gasteiger partial charge in [0.15, 0.2) is 6.10 Å². The smallest absolute Gasteiger partial charge is 0.338 e. The first-order valence-electron chi connectivity index (χ1n) is 7.90. The van der Waals surface area contributed by atoms with Crippen molar-refractivity contribution < 1.29 is 28.5 Å². The van der Waals surface area contributed by atoms with E-state index in [1.807, 2.05) is 30.3 Å². The molecule has 0 aliphatic rings. The molecule has 0 aliphatic carbocycles. The summed E-state index contributed by atoms with van der Waals surface area (Å²) in [4.78, 5) is 11.7. The average molecular weight is 348 g/mol. The number of carbonyl (C=O) groups excluding carboxylic acids is 1. The summed E-state index contributed by atoms with van der Waals surface area (Å²) in [6, 6.07) is 13.5. The zero-order valence-corrected chi connectivity index (χ0v) is 14.1. The first kappa shape index (κ1) is 18.9. The zero-order chi connectivity index (χ0) is 18.2. The summed E-state index contributed by atoms with van der Waals surface area (Å²) in [5, 5.41) is 10.3. The molecule has 0 aromatic heterocycles. The van der Waals surface area contributed by atoms with E-state index in [2.05, 4.69) is 4.74 Å². The number of rotatable bonds is 8. The highest BCUT2D eigenvalue weighted by Crippen LogP contribution is 2.26. The van der Waals surface area contributed by atoms with Gasteiger partial charge in [0.1, 0.15) is 24.3 Å². The van der Waals surface area contributed by atoms with Gasteiger partial charge < -0.3 is 19.3 Å². The van der Waals surface area contributed by atoms with Gasteiger partial charge in [-0.25, -0.2) is 9.18 Å². The number of benzene rings is 2. The van der Waals surface area contributed by atoms with Gasteiger partial charge in [0.05, 0.1) is 7.11 Å². The Bertz CT molecular complexity index is 689. The lowest BCUT2D eigenvalue weighted by Gasteiger charge is -2.21. The van der Waals surface area contributed by atoms with Crippen molar-refractivity contribution in [3.8, 4) is 5.75 Å². The van der Waals surface area contributed by atoms with E-state index >= 15 is 0 Å². The molecule has 25 heavy (non-hydrogen) atoms. The van der Waals surface area contributed by atoms with E-state index in [0.717, 1.165) is 5.56 Å². The molecule has 0 aliphatic heterocycles. The predicted octanol–water partition coefficient (Wildman–Crippen LogP) is 3.02. The highest BCUT2D eigenvalue weighted by Gasteiger charge is 2.31. The van der Waals surface area contributed by atoms with Crippen LogP contribution in [0.5, 0.6) is 5.75 Å². The number of esters is 1. The molecule has 2 aromatic rings. The van der Waals surface area contributed by atoms with Gasteiger partial charge in [0.2, 0.25) is 0 Å². The molecule has 0 radical (unpaired) electrons. The van der Waals surface area contributed by atoms with Crippen molar-refractivity contribution >= 4 is 5.97 Å². The van der Waals surface area contributed by atoms with Crippen LogP contribution in [-0.4, -0.2) is 30.9 Å². The number of aliphatic hydroxyl groups excluding tert-OH is 1. The Labute approximate surface area is 146 Å². The summed E-state index contributed by atoms with van der Waals surface area (Å²) in [6.07, 6.45) is -2.77. The first-order chi connectivity index (χ1) is 12.1. The second kappa shape index (κ2) is 9.15. The molecule has 6 heteroatoms. The standard InChI is InChI=1S/C19H21FO5/c1-3-24-18(19(22)23-2)17(21)15-10-9-14(11-16(15)20)25-12-13-7-5-4-6-8-13/h4-11,17-18,21H,3,12H2,1-2H3. The average Bonchev–Trinajstić information content (AvgIpc) is 2.64. The van der Waals surface area contributed by atoms with E-state index in [-0.39, 0.29) is 12.2 Å². The summed E-state index contributed by atoms with van der Waals surface area (Å²) < 4.78 is 29.7. The molecule has 2 unspecified atom stereocenters. The van der Waals surface area contributed by atoms with Gasteiger partial charge in [0.25, 0.3) is 0 Å². The Morgan fingerprint density at radius 3 is 2.52 bits per heavy atom. The van der Waals surface area contributed by atoms with Gasteiger partial charge >= 0.3 is 5.97 Å². The summed E-state index contributed by atoms with van der Waals surface area (Å²) in [6.45, 7) is 2.14. The maximum Gasteiger partial charge on any atom is 0.338 e. The molecule has 0 saturated heterocycles. The lowest BCUT2D eigenvalue weighted by Crippen LogP contribution is -2.32. The highest BCUT2D eigenvalue weighted by atomic mass is 19.1. The van der Waals surface area contributed by atoms with E-state index in [4.69, 9.17) is 9.47 Å².